The van der Waals surface area contributed by atoms with Crippen molar-refractivity contribution in [3.8, 4) is 0 Å². The van der Waals surface area contributed by atoms with Gasteiger partial charge in [0.15, 0.2) is 0 Å². The summed E-state index contributed by atoms with van der Waals surface area (Å²) >= 11 is 0. The SMILES string of the molecule is CCCNC(c1ncccc1C)c1cnnn1CCC. The van der Waals surface area contributed by atoms with E-state index in [0.717, 1.165) is 37.3 Å². The molecule has 0 amide bonds. The van der Waals surface area contributed by atoms with Gasteiger partial charge in [0.25, 0.3) is 0 Å². The number of nitrogens with one attached hydrogen (secondary N) is 1. The molecule has 0 aliphatic rings. The molecule has 0 aromatic carbocycles. The van der Waals surface area contributed by atoms with Crippen LogP contribution in [-0.4, -0.2) is 26.5 Å². The van der Waals surface area contributed by atoms with Gasteiger partial charge in [0.1, 0.15) is 0 Å². The maximum absolute atomic E-state index is 4.56. The van der Waals surface area contributed by atoms with Crippen LogP contribution in [0.1, 0.15) is 49.7 Å². The first-order valence-electron chi connectivity index (χ1n) is 7.31. The number of rotatable bonds is 7. The molecule has 0 radical (unpaired) electrons. The van der Waals surface area contributed by atoms with Crippen molar-refractivity contribution in [1.29, 1.82) is 0 Å². The second-order valence-corrected chi connectivity index (χ2v) is 4.97. The Morgan fingerprint density at radius 2 is 2.15 bits per heavy atom. The molecule has 1 atom stereocenters. The Kier molecular flexibility index (Phi) is 5.24. The Balaban J connectivity index is 2.37. The Bertz CT molecular complexity index is 535. The molecule has 20 heavy (non-hydrogen) atoms. The fourth-order valence-corrected chi connectivity index (χ4v) is 2.30. The first kappa shape index (κ1) is 14.7. The lowest BCUT2D eigenvalue weighted by atomic mass is 10.0. The number of aryl methyl sites for hydroxylation is 2. The topological polar surface area (TPSA) is 55.6 Å². The molecule has 2 aromatic rings. The fourth-order valence-electron chi connectivity index (χ4n) is 2.30. The van der Waals surface area contributed by atoms with Crippen LogP contribution in [-0.2, 0) is 6.54 Å². The minimum atomic E-state index is 0.0534. The summed E-state index contributed by atoms with van der Waals surface area (Å²) in [6.07, 6.45) is 5.81. The highest BCUT2D eigenvalue weighted by atomic mass is 15.4. The van der Waals surface area contributed by atoms with Gasteiger partial charge in [0.2, 0.25) is 0 Å². The Morgan fingerprint density at radius 3 is 2.85 bits per heavy atom. The maximum atomic E-state index is 4.56. The summed E-state index contributed by atoms with van der Waals surface area (Å²) in [5.74, 6) is 0. The monoisotopic (exact) mass is 273 g/mol. The minimum Gasteiger partial charge on any atom is -0.304 e. The highest BCUT2D eigenvalue weighted by Gasteiger charge is 2.21. The summed E-state index contributed by atoms with van der Waals surface area (Å²) in [5.41, 5.74) is 3.33. The van der Waals surface area contributed by atoms with Crippen molar-refractivity contribution < 1.29 is 0 Å². The molecular formula is C15H23N5. The van der Waals surface area contributed by atoms with Crippen LogP contribution in [0.4, 0.5) is 0 Å². The van der Waals surface area contributed by atoms with Crippen LogP contribution in [0.2, 0.25) is 0 Å². The molecule has 1 N–H and O–H groups in total. The van der Waals surface area contributed by atoms with E-state index in [4.69, 9.17) is 0 Å². The predicted octanol–water partition coefficient (Wildman–Crippen LogP) is 2.48. The van der Waals surface area contributed by atoms with Gasteiger partial charge in [-0.25, -0.2) is 4.68 Å². The van der Waals surface area contributed by atoms with E-state index in [9.17, 15) is 0 Å². The molecular weight excluding hydrogens is 250 g/mol. The summed E-state index contributed by atoms with van der Waals surface area (Å²) in [7, 11) is 0. The van der Waals surface area contributed by atoms with Crippen LogP contribution >= 0.6 is 0 Å². The van der Waals surface area contributed by atoms with E-state index < -0.39 is 0 Å². The molecule has 2 aromatic heterocycles. The summed E-state index contributed by atoms with van der Waals surface area (Å²) in [6, 6.07) is 4.12. The summed E-state index contributed by atoms with van der Waals surface area (Å²) in [5, 5.41) is 11.8. The average Bonchev–Trinajstić information content (AvgIpc) is 2.90. The zero-order valence-corrected chi connectivity index (χ0v) is 12.5. The zero-order chi connectivity index (χ0) is 14.4. The molecule has 5 nitrogen and oxygen atoms in total. The quantitative estimate of drug-likeness (QED) is 0.842. The number of nitrogens with zero attached hydrogens (tertiary/aromatic N) is 4. The van der Waals surface area contributed by atoms with Gasteiger partial charge in [-0.1, -0.05) is 25.1 Å². The smallest absolute Gasteiger partial charge is 0.0941 e. The van der Waals surface area contributed by atoms with Gasteiger partial charge in [-0.15, -0.1) is 5.10 Å². The van der Waals surface area contributed by atoms with Crippen LogP contribution in [0.3, 0.4) is 0 Å². The van der Waals surface area contributed by atoms with E-state index in [-0.39, 0.29) is 6.04 Å². The molecule has 1 unspecified atom stereocenters. The van der Waals surface area contributed by atoms with E-state index in [1.807, 2.05) is 23.1 Å². The van der Waals surface area contributed by atoms with Crippen LogP contribution in [0.25, 0.3) is 0 Å². The van der Waals surface area contributed by atoms with Gasteiger partial charge in [0, 0.05) is 12.7 Å². The van der Waals surface area contributed by atoms with Crippen molar-refractivity contribution in [2.24, 2.45) is 0 Å². The lowest BCUT2D eigenvalue weighted by Gasteiger charge is -2.20. The van der Waals surface area contributed by atoms with Gasteiger partial charge < -0.3 is 5.32 Å². The molecule has 2 rings (SSSR count). The highest BCUT2D eigenvalue weighted by molar-refractivity contribution is 5.27. The third-order valence-electron chi connectivity index (χ3n) is 3.30. The maximum Gasteiger partial charge on any atom is 0.0941 e. The molecule has 5 heteroatoms. The van der Waals surface area contributed by atoms with Gasteiger partial charge in [-0.3, -0.25) is 4.98 Å². The fraction of sp³-hybridized carbons (Fsp3) is 0.533. The average molecular weight is 273 g/mol. The van der Waals surface area contributed by atoms with E-state index >= 15 is 0 Å². The second-order valence-electron chi connectivity index (χ2n) is 4.97. The first-order valence-corrected chi connectivity index (χ1v) is 7.31. The van der Waals surface area contributed by atoms with E-state index in [1.165, 1.54) is 5.56 Å². The molecule has 0 bridgehead atoms. The lowest BCUT2D eigenvalue weighted by molar-refractivity contribution is 0.498. The summed E-state index contributed by atoms with van der Waals surface area (Å²) in [6.45, 7) is 8.23. The van der Waals surface area contributed by atoms with Crippen molar-refractivity contribution >= 4 is 0 Å². The van der Waals surface area contributed by atoms with E-state index in [0.29, 0.717) is 0 Å². The highest BCUT2D eigenvalue weighted by Crippen LogP contribution is 2.22. The molecule has 2 heterocycles. The largest absolute Gasteiger partial charge is 0.304 e. The van der Waals surface area contributed by atoms with Crippen LogP contribution < -0.4 is 5.32 Å². The number of hydrogen-bond donors (Lipinski definition) is 1. The van der Waals surface area contributed by atoms with Crippen LogP contribution in [0.5, 0.6) is 0 Å². The summed E-state index contributed by atoms with van der Waals surface area (Å²) in [4.78, 5) is 4.56. The van der Waals surface area contributed by atoms with Crippen molar-refractivity contribution in [2.75, 3.05) is 6.54 Å². The van der Waals surface area contributed by atoms with E-state index in [1.54, 1.807) is 0 Å². The first-order chi connectivity index (χ1) is 9.77. The van der Waals surface area contributed by atoms with Gasteiger partial charge >= 0.3 is 0 Å². The lowest BCUT2D eigenvalue weighted by Crippen LogP contribution is -2.27. The molecule has 0 fully saturated rings. The Hall–Kier alpha value is -1.75. The third kappa shape index (κ3) is 3.22. The molecule has 0 aliphatic heterocycles. The standard InChI is InChI=1S/C15H23N5/c1-4-8-16-15(14-12(3)7-6-9-17-14)13-11-18-19-20(13)10-5-2/h6-7,9,11,15-16H,4-5,8,10H2,1-3H3. The molecule has 0 saturated heterocycles. The van der Waals surface area contributed by atoms with Gasteiger partial charge in [0.05, 0.1) is 23.6 Å². The van der Waals surface area contributed by atoms with Crippen molar-refractivity contribution in [2.45, 2.75) is 46.2 Å². The molecule has 0 saturated carbocycles. The normalized spacial score (nSPS) is 12.6. The minimum absolute atomic E-state index is 0.0534. The molecule has 0 aliphatic carbocycles. The third-order valence-corrected chi connectivity index (χ3v) is 3.30. The predicted molar refractivity (Wildman–Crippen MR) is 79.4 cm³/mol. The van der Waals surface area contributed by atoms with Crippen molar-refractivity contribution in [1.82, 2.24) is 25.3 Å². The van der Waals surface area contributed by atoms with Crippen molar-refractivity contribution in [3.05, 3.63) is 41.5 Å². The molecule has 0 spiro atoms. The second kappa shape index (κ2) is 7.14. The number of pyridine rings is 1. The van der Waals surface area contributed by atoms with Crippen molar-refractivity contribution in [3.63, 3.8) is 0 Å². The van der Waals surface area contributed by atoms with E-state index in [2.05, 4.69) is 47.5 Å². The molecule has 108 valence electrons. The van der Waals surface area contributed by atoms with Gasteiger partial charge in [-0.05, 0) is 37.9 Å². The summed E-state index contributed by atoms with van der Waals surface area (Å²) < 4.78 is 1.97. The Morgan fingerprint density at radius 1 is 1.30 bits per heavy atom. The van der Waals surface area contributed by atoms with Crippen LogP contribution in [0.15, 0.2) is 24.5 Å². The zero-order valence-electron chi connectivity index (χ0n) is 12.5. The number of hydrogen-bond acceptors (Lipinski definition) is 4. The number of aromatic nitrogens is 4. The van der Waals surface area contributed by atoms with Gasteiger partial charge in [-0.2, -0.15) is 0 Å². The Labute approximate surface area is 120 Å². The van der Waals surface area contributed by atoms with Crippen LogP contribution in [0, 0.1) is 6.92 Å².